The Morgan fingerprint density at radius 3 is 2.42 bits per heavy atom. The van der Waals surface area contributed by atoms with Gasteiger partial charge in [0.1, 0.15) is 0 Å². The maximum absolute atomic E-state index is 4.40. The van der Waals surface area contributed by atoms with E-state index < -0.39 is 0 Å². The van der Waals surface area contributed by atoms with E-state index in [0.29, 0.717) is 11.3 Å². The molecule has 1 saturated heterocycles. The second-order valence-electron chi connectivity index (χ2n) is 7.31. The summed E-state index contributed by atoms with van der Waals surface area (Å²) >= 11 is 1.90. The molecule has 1 aliphatic rings. The summed E-state index contributed by atoms with van der Waals surface area (Å²) in [5, 5.41) is 7.58. The van der Waals surface area contributed by atoms with E-state index in [0.717, 1.165) is 18.4 Å². The standard InChI is InChI=1S/C20H34N4S.HI/c1-16(2)15-24-12-10-18(11-13-24)23-20(21-4)22-14-17(3)25-19-8-6-5-7-9-19;/h5-9,16-18H,10-15H2,1-4H3,(H2,21,22,23);1H. The number of rotatable bonds is 7. The van der Waals surface area contributed by atoms with Gasteiger partial charge in [0, 0.05) is 49.4 Å². The molecule has 1 unspecified atom stereocenters. The molecule has 1 aromatic rings. The fourth-order valence-corrected chi connectivity index (χ4v) is 4.12. The predicted octanol–water partition coefficient (Wildman–Crippen LogP) is 4.07. The lowest BCUT2D eigenvalue weighted by molar-refractivity contribution is 0.187. The van der Waals surface area contributed by atoms with E-state index in [1.165, 1.54) is 37.4 Å². The largest absolute Gasteiger partial charge is 0.355 e. The number of guanidine groups is 1. The van der Waals surface area contributed by atoms with Gasteiger partial charge in [-0.1, -0.05) is 39.0 Å². The van der Waals surface area contributed by atoms with Crippen molar-refractivity contribution in [1.29, 1.82) is 0 Å². The van der Waals surface area contributed by atoms with E-state index in [1.807, 2.05) is 18.8 Å². The molecule has 6 heteroatoms. The number of aliphatic imine (C=N–C) groups is 1. The average Bonchev–Trinajstić information content (AvgIpc) is 2.60. The van der Waals surface area contributed by atoms with Gasteiger partial charge in [-0.25, -0.2) is 0 Å². The Kier molecular flexibility index (Phi) is 11.6. The maximum atomic E-state index is 4.40. The van der Waals surface area contributed by atoms with Crippen LogP contribution in [0.25, 0.3) is 0 Å². The highest BCUT2D eigenvalue weighted by molar-refractivity contribution is 14.0. The first-order chi connectivity index (χ1) is 12.1. The Bertz CT molecular complexity index is 516. The molecule has 1 atom stereocenters. The number of benzene rings is 1. The summed E-state index contributed by atoms with van der Waals surface area (Å²) in [5.41, 5.74) is 0. The number of thioether (sulfide) groups is 1. The van der Waals surface area contributed by atoms with Crippen molar-refractivity contribution < 1.29 is 0 Å². The summed E-state index contributed by atoms with van der Waals surface area (Å²) in [7, 11) is 1.86. The molecule has 1 heterocycles. The summed E-state index contributed by atoms with van der Waals surface area (Å²) in [6.45, 7) is 11.3. The molecule has 4 nitrogen and oxygen atoms in total. The Morgan fingerprint density at radius 1 is 1.19 bits per heavy atom. The number of nitrogens with one attached hydrogen (secondary N) is 2. The van der Waals surface area contributed by atoms with Gasteiger partial charge in [-0.3, -0.25) is 4.99 Å². The van der Waals surface area contributed by atoms with Gasteiger partial charge in [0.05, 0.1) is 0 Å². The zero-order valence-corrected chi connectivity index (χ0v) is 19.7. The van der Waals surface area contributed by atoms with Crippen molar-refractivity contribution in [3.05, 3.63) is 30.3 Å². The molecule has 1 aromatic carbocycles. The molecular weight excluding hydrogens is 455 g/mol. The summed E-state index contributed by atoms with van der Waals surface area (Å²) in [4.78, 5) is 8.30. The lowest BCUT2D eigenvalue weighted by Gasteiger charge is -2.34. The highest BCUT2D eigenvalue weighted by Crippen LogP contribution is 2.21. The van der Waals surface area contributed by atoms with Gasteiger partial charge in [0.2, 0.25) is 0 Å². The molecule has 148 valence electrons. The molecule has 0 aliphatic carbocycles. The minimum atomic E-state index is 0. The summed E-state index contributed by atoms with van der Waals surface area (Å²) in [5.74, 6) is 1.69. The molecule has 0 saturated carbocycles. The van der Waals surface area contributed by atoms with Crippen LogP contribution >= 0.6 is 35.7 Å². The first kappa shape index (κ1) is 23.6. The molecule has 1 fully saturated rings. The predicted molar refractivity (Wildman–Crippen MR) is 126 cm³/mol. The molecule has 0 radical (unpaired) electrons. The fourth-order valence-electron chi connectivity index (χ4n) is 3.18. The van der Waals surface area contributed by atoms with Crippen LogP contribution in [0.5, 0.6) is 0 Å². The van der Waals surface area contributed by atoms with Gasteiger partial charge in [-0.2, -0.15) is 0 Å². The monoisotopic (exact) mass is 490 g/mol. The molecule has 1 aliphatic heterocycles. The molecule has 0 bridgehead atoms. The van der Waals surface area contributed by atoms with E-state index >= 15 is 0 Å². The molecule has 0 aromatic heterocycles. The summed E-state index contributed by atoms with van der Waals surface area (Å²) < 4.78 is 0. The minimum absolute atomic E-state index is 0. The summed E-state index contributed by atoms with van der Waals surface area (Å²) in [6.07, 6.45) is 2.39. The SMILES string of the molecule is CN=C(NCC(C)Sc1ccccc1)NC1CCN(CC(C)C)CC1.I. The molecular formula is C20H35IN4S. The number of nitrogens with zero attached hydrogens (tertiary/aromatic N) is 2. The Balaban J connectivity index is 0.00000338. The zero-order chi connectivity index (χ0) is 18.1. The van der Waals surface area contributed by atoms with Crippen LogP contribution in [0, 0.1) is 5.92 Å². The van der Waals surface area contributed by atoms with Gasteiger partial charge < -0.3 is 15.5 Å². The van der Waals surface area contributed by atoms with Crippen molar-refractivity contribution in [2.24, 2.45) is 10.9 Å². The lowest BCUT2D eigenvalue weighted by Crippen LogP contribution is -2.49. The quantitative estimate of drug-likeness (QED) is 0.262. The third kappa shape index (κ3) is 8.95. The van der Waals surface area contributed by atoms with Crippen LogP contribution < -0.4 is 10.6 Å². The molecule has 26 heavy (non-hydrogen) atoms. The van der Waals surface area contributed by atoms with Gasteiger partial charge in [0.25, 0.3) is 0 Å². The third-order valence-electron chi connectivity index (χ3n) is 4.41. The van der Waals surface area contributed by atoms with Crippen LogP contribution in [0.3, 0.4) is 0 Å². The zero-order valence-electron chi connectivity index (χ0n) is 16.6. The van der Waals surface area contributed by atoms with Gasteiger partial charge in [-0.05, 0) is 30.9 Å². The second-order valence-corrected chi connectivity index (χ2v) is 8.82. The lowest BCUT2D eigenvalue weighted by atomic mass is 10.0. The summed E-state index contributed by atoms with van der Waals surface area (Å²) in [6, 6.07) is 11.1. The molecule has 2 rings (SSSR count). The van der Waals surface area contributed by atoms with Crippen molar-refractivity contribution in [2.75, 3.05) is 33.2 Å². The third-order valence-corrected chi connectivity index (χ3v) is 5.53. The highest BCUT2D eigenvalue weighted by atomic mass is 127. The van der Waals surface area contributed by atoms with Crippen LogP contribution in [-0.2, 0) is 0 Å². The van der Waals surface area contributed by atoms with E-state index in [2.05, 4.69) is 71.6 Å². The van der Waals surface area contributed by atoms with E-state index in [1.54, 1.807) is 0 Å². The number of hydrogen-bond donors (Lipinski definition) is 2. The normalized spacial score (nSPS) is 17.7. The van der Waals surface area contributed by atoms with E-state index in [-0.39, 0.29) is 24.0 Å². The van der Waals surface area contributed by atoms with Crippen molar-refractivity contribution in [3.63, 3.8) is 0 Å². The first-order valence-electron chi connectivity index (χ1n) is 9.48. The second kappa shape index (κ2) is 12.8. The van der Waals surface area contributed by atoms with Crippen molar-refractivity contribution in [3.8, 4) is 0 Å². The van der Waals surface area contributed by atoms with Crippen LogP contribution in [0.2, 0.25) is 0 Å². The number of piperidine rings is 1. The topological polar surface area (TPSA) is 39.7 Å². The molecule has 2 N–H and O–H groups in total. The average molecular weight is 490 g/mol. The van der Waals surface area contributed by atoms with Crippen molar-refractivity contribution in [1.82, 2.24) is 15.5 Å². The smallest absolute Gasteiger partial charge is 0.191 e. The minimum Gasteiger partial charge on any atom is -0.355 e. The van der Waals surface area contributed by atoms with Crippen molar-refractivity contribution in [2.45, 2.75) is 49.8 Å². The van der Waals surface area contributed by atoms with Crippen LogP contribution in [-0.4, -0.2) is 55.4 Å². The van der Waals surface area contributed by atoms with Crippen LogP contribution in [0.1, 0.15) is 33.6 Å². The Morgan fingerprint density at radius 2 is 1.85 bits per heavy atom. The first-order valence-corrected chi connectivity index (χ1v) is 10.4. The van der Waals surface area contributed by atoms with Crippen molar-refractivity contribution >= 4 is 41.7 Å². The van der Waals surface area contributed by atoms with Gasteiger partial charge in [0.15, 0.2) is 5.96 Å². The highest BCUT2D eigenvalue weighted by Gasteiger charge is 2.20. The van der Waals surface area contributed by atoms with Crippen LogP contribution in [0.15, 0.2) is 40.2 Å². The van der Waals surface area contributed by atoms with E-state index in [9.17, 15) is 0 Å². The van der Waals surface area contributed by atoms with Gasteiger partial charge >= 0.3 is 0 Å². The fraction of sp³-hybridized carbons (Fsp3) is 0.650. The molecule has 0 amide bonds. The maximum Gasteiger partial charge on any atom is 0.191 e. The van der Waals surface area contributed by atoms with E-state index in [4.69, 9.17) is 0 Å². The Labute approximate surface area is 181 Å². The number of likely N-dealkylation sites (tertiary alicyclic amines) is 1. The van der Waals surface area contributed by atoms with Crippen LogP contribution in [0.4, 0.5) is 0 Å². The number of halogens is 1. The van der Waals surface area contributed by atoms with Gasteiger partial charge in [-0.15, -0.1) is 35.7 Å². The number of hydrogen-bond acceptors (Lipinski definition) is 3. The molecule has 0 spiro atoms. The Hall–Kier alpha value is -0.470.